The molecule has 0 bridgehead atoms. The van der Waals surface area contributed by atoms with E-state index in [-0.39, 0.29) is 12.3 Å². The first-order valence-corrected chi connectivity index (χ1v) is 3.30. The Morgan fingerprint density at radius 1 is 1.45 bits per heavy atom. The standard InChI is InChI=1S/C6H14N2O3/c1-3(8)5(10)6(11)4(9)2-7/h4-6,8-11H,2,7H2,1H3/t4?,5-,6?/m1/s1. The van der Waals surface area contributed by atoms with E-state index in [4.69, 9.17) is 26.5 Å². The number of nitrogens with two attached hydrogens (primary N) is 1. The summed E-state index contributed by atoms with van der Waals surface area (Å²) in [6.45, 7) is 1.21. The molecule has 0 spiro atoms. The van der Waals surface area contributed by atoms with E-state index in [1.807, 2.05) is 0 Å². The molecule has 0 aromatic carbocycles. The van der Waals surface area contributed by atoms with Gasteiger partial charge in [-0.2, -0.15) is 0 Å². The van der Waals surface area contributed by atoms with Crippen molar-refractivity contribution in [1.82, 2.24) is 0 Å². The summed E-state index contributed by atoms with van der Waals surface area (Å²) in [7, 11) is 0. The van der Waals surface area contributed by atoms with Gasteiger partial charge in [-0.15, -0.1) is 0 Å². The largest absolute Gasteiger partial charge is 0.389 e. The minimum atomic E-state index is -1.36. The number of hydrogen-bond acceptors (Lipinski definition) is 5. The van der Waals surface area contributed by atoms with E-state index in [2.05, 4.69) is 0 Å². The second kappa shape index (κ2) is 4.40. The van der Waals surface area contributed by atoms with Gasteiger partial charge in [0.1, 0.15) is 12.2 Å². The Morgan fingerprint density at radius 2 is 1.91 bits per heavy atom. The highest BCUT2D eigenvalue weighted by atomic mass is 16.4. The number of rotatable bonds is 4. The molecule has 0 saturated heterocycles. The van der Waals surface area contributed by atoms with Crippen molar-refractivity contribution in [1.29, 1.82) is 5.41 Å². The summed E-state index contributed by atoms with van der Waals surface area (Å²) >= 11 is 0. The first-order valence-electron chi connectivity index (χ1n) is 3.30. The zero-order valence-corrected chi connectivity index (χ0v) is 6.36. The van der Waals surface area contributed by atoms with E-state index in [0.717, 1.165) is 0 Å². The van der Waals surface area contributed by atoms with Gasteiger partial charge in [0.25, 0.3) is 0 Å². The topological polar surface area (TPSA) is 111 Å². The van der Waals surface area contributed by atoms with Crippen LogP contribution in [0.5, 0.6) is 0 Å². The molecule has 5 heteroatoms. The molecule has 0 rings (SSSR count). The molecular formula is C6H14N2O3. The Labute approximate surface area is 65.0 Å². The number of hydrogen-bond donors (Lipinski definition) is 5. The van der Waals surface area contributed by atoms with Crippen LogP contribution in [0, 0.1) is 5.41 Å². The van der Waals surface area contributed by atoms with Gasteiger partial charge in [0.15, 0.2) is 0 Å². The van der Waals surface area contributed by atoms with E-state index in [0.29, 0.717) is 0 Å². The zero-order chi connectivity index (χ0) is 9.02. The van der Waals surface area contributed by atoms with Crippen molar-refractivity contribution in [3.8, 4) is 0 Å². The average molecular weight is 162 g/mol. The lowest BCUT2D eigenvalue weighted by Crippen LogP contribution is -2.44. The lowest BCUT2D eigenvalue weighted by atomic mass is 10.1. The van der Waals surface area contributed by atoms with Gasteiger partial charge in [-0.3, -0.25) is 0 Å². The Hall–Kier alpha value is -0.490. The summed E-state index contributed by atoms with van der Waals surface area (Å²) in [5.74, 6) is 0. The van der Waals surface area contributed by atoms with Crippen LogP contribution in [0.15, 0.2) is 0 Å². The lowest BCUT2D eigenvalue weighted by Gasteiger charge is -2.20. The third kappa shape index (κ3) is 2.94. The molecule has 0 saturated carbocycles. The van der Waals surface area contributed by atoms with E-state index in [9.17, 15) is 0 Å². The van der Waals surface area contributed by atoms with Crippen molar-refractivity contribution in [2.45, 2.75) is 25.2 Å². The van der Waals surface area contributed by atoms with Gasteiger partial charge in [0.2, 0.25) is 0 Å². The van der Waals surface area contributed by atoms with Crippen LogP contribution in [0.4, 0.5) is 0 Å². The molecular weight excluding hydrogens is 148 g/mol. The maximum absolute atomic E-state index is 9.04. The Bertz CT molecular complexity index is 140. The molecule has 66 valence electrons. The predicted molar refractivity (Wildman–Crippen MR) is 40.5 cm³/mol. The highest BCUT2D eigenvalue weighted by Gasteiger charge is 2.24. The predicted octanol–water partition coefficient (Wildman–Crippen LogP) is -1.93. The van der Waals surface area contributed by atoms with Crippen molar-refractivity contribution < 1.29 is 15.3 Å². The summed E-state index contributed by atoms with van der Waals surface area (Å²) in [5.41, 5.74) is 4.93. The van der Waals surface area contributed by atoms with Gasteiger partial charge in [0.05, 0.1) is 6.10 Å². The Kier molecular flexibility index (Phi) is 4.20. The third-order valence-electron chi connectivity index (χ3n) is 1.40. The molecule has 2 unspecified atom stereocenters. The fourth-order valence-corrected chi connectivity index (χ4v) is 0.606. The molecule has 0 fully saturated rings. The zero-order valence-electron chi connectivity index (χ0n) is 6.36. The van der Waals surface area contributed by atoms with Gasteiger partial charge in [-0.05, 0) is 6.92 Å². The molecule has 0 aliphatic heterocycles. The fraction of sp³-hybridized carbons (Fsp3) is 0.833. The number of nitrogens with one attached hydrogen (secondary N) is 1. The van der Waals surface area contributed by atoms with E-state index in [1.54, 1.807) is 0 Å². The maximum Gasteiger partial charge on any atom is 0.119 e. The molecule has 11 heavy (non-hydrogen) atoms. The maximum atomic E-state index is 9.04. The van der Waals surface area contributed by atoms with Crippen molar-refractivity contribution >= 4 is 5.71 Å². The van der Waals surface area contributed by atoms with Gasteiger partial charge >= 0.3 is 0 Å². The van der Waals surface area contributed by atoms with Gasteiger partial charge in [-0.25, -0.2) is 0 Å². The normalized spacial score (nSPS) is 19.0. The van der Waals surface area contributed by atoms with Crippen molar-refractivity contribution in [2.75, 3.05) is 6.54 Å². The minimum Gasteiger partial charge on any atom is -0.389 e. The van der Waals surface area contributed by atoms with E-state index >= 15 is 0 Å². The molecule has 0 heterocycles. The Morgan fingerprint density at radius 3 is 2.18 bits per heavy atom. The van der Waals surface area contributed by atoms with Crippen LogP contribution >= 0.6 is 0 Å². The van der Waals surface area contributed by atoms with Crippen LogP contribution in [0.1, 0.15) is 6.92 Å². The smallest absolute Gasteiger partial charge is 0.119 e. The lowest BCUT2D eigenvalue weighted by molar-refractivity contribution is -0.0301. The highest BCUT2D eigenvalue weighted by Crippen LogP contribution is 1.99. The molecule has 3 atom stereocenters. The van der Waals surface area contributed by atoms with Crippen molar-refractivity contribution in [3.05, 3.63) is 0 Å². The SMILES string of the molecule is CC(=N)[C@@H](O)C(O)C(O)CN. The molecule has 0 aliphatic carbocycles. The van der Waals surface area contributed by atoms with Gasteiger partial charge < -0.3 is 26.5 Å². The van der Waals surface area contributed by atoms with Crippen molar-refractivity contribution in [2.24, 2.45) is 5.73 Å². The third-order valence-corrected chi connectivity index (χ3v) is 1.40. The van der Waals surface area contributed by atoms with Crippen LogP contribution in [0.3, 0.4) is 0 Å². The second-order valence-electron chi connectivity index (χ2n) is 2.42. The molecule has 0 aromatic heterocycles. The van der Waals surface area contributed by atoms with Crippen LogP contribution in [-0.4, -0.2) is 45.9 Å². The summed E-state index contributed by atoms with van der Waals surface area (Å²) in [6, 6.07) is 0. The number of aliphatic hydroxyl groups excluding tert-OH is 3. The van der Waals surface area contributed by atoms with Crippen LogP contribution in [-0.2, 0) is 0 Å². The molecule has 6 N–H and O–H groups in total. The summed E-state index contributed by atoms with van der Waals surface area (Å²) < 4.78 is 0. The molecule has 0 radical (unpaired) electrons. The van der Waals surface area contributed by atoms with Crippen LogP contribution < -0.4 is 5.73 Å². The summed E-state index contributed by atoms with van der Waals surface area (Å²) in [4.78, 5) is 0. The average Bonchev–Trinajstić information content (AvgIpc) is 2.00. The molecule has 0 aromatic rings. The van der Waals surface area contributed by atoms with E-state index in [1.165, 1.54) is 6.92 Å². The van der Waals surface area contributed by atoms with Gasteiger partial charge in [0, 0.05) is 12.3 Å². The Balaban J connectivity index is 4.00. The first kappa shape index (κ1) is 10.5. The van der Waals surface area contributed by atoms with Gasteiger partial charge in [-0.1, -0.05) is 0 Å². The van der Waals surface area contributed by atoms with E-state index < -0.39 is 18.3 Å². The van der Waals surface area contributed by atoms with Crippen LogP contribution in [0.25, 0.3) is 0 Å². The van der Waals surface area contributed by atoms with Crippen molar-refractivity contribution in [3.63, 3.8) is 0 Å². The fourth-order valence-electron chi connectivity index (χ4n) is 0.606. The summed E-state index contributed by atoms with van der Waals surface area (Å²) in [6.07, 6.45) is -3.86. The second-order valence-corrected chi connectivity index (χ2v) is 2.42. The molecule has 0 aliphatic rings. The monoisotopic (exact) mass is 162 g/mol. The minimum absolute atomic E-state index is 0.0926. The van der Waals surface area contributed by atoms with Crippen LogP contribution in [0.2, 0.25) is 0 Å². The first-order chi connectivity index (χ1) is 5.00. The quantitative estimate of drug-likeness (QED) is 0.310. The molecule has 0 amide bonds. The highest BCUT2D eigenvalue weighted by molar-refractivity contribution is 5.83. The number of aliphatic hydroxyl groups is 3. The summed E-state index contributed by atoms with van der Waals surface area (Å²) in [5, 5.41) is 33.9. The molecule has 5 nitrogen and oxygen atoms in total.